The summed E-state index contributed by atoms with van der Waals surface area (Å²) in [7, 11) is 1.64. The molecule has 1 aliphatic rings. The van der Waals surface area contributed by atoms with Crippen molar-refractivity contribution in [1.29, 1.82) is 0 Å². The van der Waals surface area contributed by atoms with Crippen LogP contribution in [0.5, 0.6) is 0 Å². The van der Waals surface area contributed by atoms with Gasteiger partial charge in [0.15, 0.2) is 0 Å². The van der Waals surface area contributed by atoms with Gasteiger partial charge in [0.05, 0.1) is 6.54 Å². The lowest BCUT2D eigenvalue weighted by Gasteiger charge is -2.29. The quantitative estimate of drug-likeness (QED) is 0.838. The van der Waals surface area contributed by atoms with Crippen molar-refractivity contribution in [3.63, 3.8) is 0 Å². The topological polar surface area (TPSA) is 50.4 Å². The third-order valence-electron chi connectivity index (χ3n) is 4.50. The van der Waals surface area contributed by atoms with Gasteiger partial charge in [0.1, 0.15) is 5.60 Å². The number of rotatable bonds is 6. The van der Waals surface area contributed by atoms with Crippen LogP contribution in [0.3, 0.4) is 0 Å². The Morgan fingerprint density at radius 3 is 2.73 bits per heavy atom. The summed E-state index contributed by atoms with van der Waals surface area (Å²) in [6.07, 6.45) is 5.01. The second-order valence-corrected chi connectivity index (χ2v) is 6.60. The fourth-order valence-electron chi connectivity index (χ4n) is 2.87. The van der Waals surface area contributed by atoms with Crippen LogP contribution in [0.1, 0.15) is 38.2 Å². The van der Waals surface area contributed by atoms with E-state index < -0.39 is 5.60 Å². The number of halogens is 1. The molecule has 1 aromatic rings. The molecule has 4 nitrogen and oxygen atoms in total. The average Bonchev–Trinajstić information content (AvgIpc) is 3.04. The van der Waals surface area contributed by atoms with Crippen LogP contribution in [-0.2, 0) is 10.3 Å². The van der Waals surface area contributed by atoms with E-state index in [1.165, 1.54) is 25.7 Å². The Morgan fingerprint density at radius 1 is 1.36 bits per heavy atom. The molecule has 2 N–H and O–H groups in total. The number of urea groups is 1. The SMILES string of the molecule is CO[C@@](C)(CNC(=O)NCC1CCCC1)c1cccc(Cl)c1. The molecule has 5 heteroatoms. The molecule has 2 amide bonds. The normalized spacial score (nSPS) is 18.0. The Bertz CT molecular complexity index is 503. The average molecular weight is 325 g/mol. The van der Waals surface area contributed by atoms with Crippen molar-refractivity contribution >= 4 is 17.6 Å². The molecule has 0 spiro atoms. The van der Waals surface area contributed by atoms with Crippen LogP contribution < -0.4 is 10.6 Å². The summed E-state index contributed by atoms with van der Waals surface area (Å²) in [6.45, 7) is 3.09. The fraction of sp³-hybridized carbons (Fsp3) is 0.588. The molecular weight excluding hydrogens is 300 g/mol. The zero-order valence-corrected chi connectivity index (χ0v) is 14.1. The Morgan fingerprint density at radius 2 is 2.09 bits per heavy atom. The maximum absolute atomic E-state index is 12.0. The second kappa shape index (κ2) is 7.84. The number of ether oxygens (including phenoxy) is 1. The van der Waals surface area contributed by atoms with Gasteiger partial charge in [0.25, 0.3) is 0 Å². The molecule has 2 rings (SSSR count). The van der Waals surface area contributed by atoms with Crippen molar-refractivity contribution in [3.05, 3.63) is 34.9 Å². The smallest absolute Gasteiger partial charge is 0.314 e. The lowest BCUT2D eigenvalue weighted by Crippen LogP contribution is -2.45. The van der Waals surface area contributed by atoms with Crippen molar-refractivity contribution in [2.75, 3.05) is 20.2 Å². The first-order valence-corrected chi connectivity index (χ1v) is 8.24. The minimum absolute atomic E-state index is 0.141. The van der Waals surface area contributed by atoms with Gasteiger partial charge in [-0.3, -0.25) is 0 Å². The zero-order valence-electron chi connectivity index (χ0n) is 13.3. The van der Waals surface area contributed by atoms with E-state index in [1.807, 2.05) is 31.2 Å². The van der Waals surface area contributed by atoms with Crippen molar-refractivity contribution in [3.8, 4) is 0 Å². The van der Waals surface area contributed by atoms with E-state index in [4.69, 9.17) is 16.3 Å². The van der Waals surface area contributed by atoms with E-state index >= 15 is 0 Å². The minimum atomic E-state index is -0.602. The molecule has 0 saturated heterocycles. The van der Waals surface area contributed by atoms with Crippen molar-refractivity contribution in [2.45, 2.75) is 38.2 Å². The van der Waals surface area contributed by atoms with Gasteiger partial charge in [-0.2, -0.15) is 0 Å². The Hall–Kier alpha value is -1.26. The second-order valence-electron chi connectivity index (χ2n) is 6.16. The number of hydrogen-bond donors (Lipinski definition) is 2. The molecule has 0 heterocycles. The first-order chi connectivity index (χ1) is 10.5. The van der Waals surface area contributed by atoms with Gasteiger partial charge < -0.3 is 15.4 Å². The summed E-state index contributed by atoms with van der Waals surface area (Å²) < 4.78 is 5.61. The highest BCUT2D eigenvalue weighted by Crippen LogP contribution is 2.26. The third-order valence-corrected chi connectivity index (χ3v) is 4.73. The maximum atomic E-state index is 12.0. The van der Waals surface area contributed by atoms with E-state index in [1.54, 1.807) is 7.11 Å². The summed E-state index contributed by atoms with van der Waals surface area (Å²) in [6, 6.07) is 7.38. The summed E-state index contributed by atoms with van der Waals surface area (Å²) in [5, 5.41) is 6.51. The van der Waals surface area contributed by atoms with Crippen LogP contribution in [0.15, 0.2) is 24.3 Å². The Kier molecular flexibility index (Phi) is 6.09. The molecule has 122 valence electrons. The first-order valence-electron chi connectivity index (χ1n) is 7.86. The number of methoxy groups -OCH3 is 1. The molecule has 1 saturated carbocycles. The first kappa shape index (κ1) is 17.1. The van der Waals surface area contributed by atoms with Gasteiger partial charge in [-0.25, -0.2) is 4.79 Å². The number of nitrogens with one attached hydrogen (secondary N) is 2. The molecule has 1 aromatic carbocycles. The fourth-order valence-corrected chi connectivity index (χ4v) is 3.06. The summed E-state index contributed by atoms with van der Waals surface area (Å²) in [5.74, 6) is 0.632. The van der Waals surface area contributed by atoms with E-state index in [2.05, 4.69) is 10.6 Å². The number of amides is 2. The highest BCUT2D eigenvalue weighted by atomic mass is 35.5. The van der Waals surface area contributed by atoms with Gasteiger partial charge in [-0.05, 0) is 43.4 Å². The van der Waals surface area contributed by atoms with Crippen LogP contribution in [0.2, 0.25) is 5.02 Å². The van der Waals surface area contributed by atoms with Crippen molar-refractivity contribution in [1.82, 2.24) is 10.6 Å². The molecule has 1 aliphatic carbocycles. The van der Waals surface area contributed by atoms with Crippen LogP contribution >= 0.6 is 11.6 Å². The van der Waals surface area contributed by atoms with Gasteiger partial charge >= 0.3 is 6.03 Å². The monoisotopic (exact) mass is 324 g/mol. The molecule has 0 unspecified atom stereocenters. The largest absolute Gasteiger partial charge is 0.372 e. The van der Waals surface area contributed by atoms with E-state index in [9.17, 15) is 4.79 Å². The summed E-state index contributed by atoms with van der Waals surface area (Å²) >= 11 is 6.04. The predicted molar refractivity (Wildman–Crippen MR) is 89.2 cm³/mol. The summed E-state index contributed by atoms with van der Waals surface area (Å²) in [4.78, 5) is 12.0. The highest BCUT2D eigenvalue weighted by molar-refractivity contribution is 6.30. The lowest BCUT2D eigenvalue weighted by molar-refractivity contribution is 0.00487. The van der Waals surface area contributed by atoms with Crippen LogP contribution in [0.25, 0.3) is 0 Å². The van der Waals surface area contributed by atoms with Gasteiger partial charge in [-0.15, -0.1) is 0 Å². The number of carbonyl (C=O) groups excluding carboxylic acids is 1. The third kappa shape index (κ3) is 4.62. The molecule has 22 heavy (non-hydrogen) atoms. The molecule has 1 fully saturated rings. The van der Waals surface area contributed by atoms with Gasteiger partial charge in [0, 0.05) is 18.7 Å². The standard InChI is InChI=1S/C17H25ClN2O2/c1-17(22-2,14-8-5-9-15(18)10-14)12-20-16(21)19-11-13-6-3-4-7-13/h5,8-10,13H,3-4,6-7,11-12H2,1-2H3,(H2,19,20,21)/t17-/m0/s1. The zero-order chi connectivity index (χ0) is 16.0. The predicted octanol–water partition coefficient (Wildman–Crippen LogP) is 3.69. The van der Waals surface area contributed by atoms with E-state index in [0.29, 0.717) is 17.5 Å². The Labute approximate surface area is 137 Å². The van der Waals surface area contributed by atoms with Gasteiger partial charge in [0.2, 0.25) is 0 Å². The van der Waals surface area contributed by atoms with E-state index in [0.717, 1.165) is 12.1 Å². The van der Waals surface area contributed by atoms with Crippen molar-refractivity contribution < 1.29 is 9.53 Å². The van der Waals surface area contributed by atoms with Crippen LogP contribution in [0, 0.1) is 5.92 Å². The lowest BCUT2D eigenvalue weighted by atomic mass is 9.96. The van der Waals surface area contributed by atoms with Crippen LogP contribution in [0.4, 0.5) is 4.79 Å². The molecule has 0 aromatic heterocycles. The number of carbonyl (C=O) groups is 1. The minimum Gasteiger partial charge on any atom is -0.372 e. The molecule has 1 atom stereocenters. The maximum Gasteiger partial charge on any atom is 0.314 e. The highest BCUT2D eigenvalue weighted by Gasteiger charge is 2.27. The number of hydrogen-bond acceptors (Lipinski definition) is 2. The summed E-state index contributed by atoms with van der Waals surface area (Å²) in [5.41, 5.74) is 0.342. The number of benzene rings is 1. The molecule has 0 radical (unpaired) electrons. The molecular formula is C17H25ClN2O2. The Balaban J connectivity index is 1.85. The molecule has 0 aliphatic heterocycles. The van der Waals surface area contributed by atoms with E-state index in [-0.39, 0.29) is 6.03 Å². The van der Waals surface area contributed by atoms with Crippen molar-refractivity contribution in [2.24, 2.45) is 5.92 Å². The van der Waals surface area contributed by atoms with Gasteiger partial charge in [-0.1, -0.05) is 36.6 Å². The molecule has 0 bridgehead atoms. The van der Waals surface area contributed by atoms with Crippen LogP contribution in [-0.4, -0.2) is 26.2 Å².